The first kappa shape index (κ1) is 16.3. The Morgan fingerprint density at radius 3 is 2.43 bits per heavy atom. The van der Waals surface area contributed by atoms with Gasteiger partial charge >= 0.3 is 0 Å². The third-order valence-corrected chi connectivity index (χ3v) is 5.75. The maximum Gasteiger partial charge on any atom is 0.243 e. The van der Waals surface area contributed by atoms with Gasteiger partial charge in [0.15, 0.2) is 0 Å². The third kappa shape index (κ3) is 3.58. The van der Waals surface area contributed by atoms with Crippen molar-refractivity contribution in [1.29, 1.82) is 0 Å². The van der Waals surface area contributed by atoms with Crippen LogP contribution in [0.2, 0.25) is 0 Å². The molecule has 118 valence electrons. The molecule has 5 heteroatoms. The molecule has 0 bridgehead atoms. The average Bonchev–Trinajstić information content (AvgIpc) is 2.48. The molecule has 0 saturated carbocycles. The number of rotatable bonds is 5. The van der Waals surface area contributed by atoms with E-state index < -0.39 is 10.0 Å². The van der Waals surface area contributed by atoms with E-state index in [4.69, 9.17) is 4.74 Å². The molecule has 1 aliphatic heterocycles. The van der Waals surface area contributed by atoms with E-state index in [-0.39, 0.29) is 5.92 Å². The molecule has 0 aromatic heterocycles. The fraction of sp³-hybridized carbons (Fsp3) is 0.625. The predicted molar refractivity (Wildman–Crippen MR) is 84.3 cm³/mol. The first-order valence-electron chi connectivity index (χ1n) is 7.73. The lowest BCUT2D eigenvalue weighted by Gasteiger charge is -2.26. The molecule has 1 aromatic carbocycles. The van der Waals surface area contributed by atoms with E-state index in [2.05, 4.69) is 13.8 Å². The molecule has 1 heterocycles. The van der Waals surface area contributed by atoms with Gasteiger partial charge in [0.2, 0.25) is 10.0 Å². The van der Waals surface area contributed by atoms with E-state index in [9.17, 15) is 8.42 Å². The fourth-order valence-electron chi connectivity index (χ4n) is 2.68. The van der Waals surface area contributed by atoms with Crippen LogP contribution in [0.3, 0.4) is 0 Å². The van der Waals surface area contributed by atoms with Gasteiger partial charge in [0.1, 0.15) is 5.75 Å². The summed E-state index contributed by atoms with van der Waals surface area (Å²) in [6.07, 6.45) is 3.02. The van der Waals surface area contributed by atoms with Crippen LogP contribution in [-0.4, -0.2) is 32.4 Å². The van der Waals surface area contributed by atoms with Gasteiger partial charge in [-0.05, 0) is 49.4 Å². The fourth-order valence-corrected chi connectivity index (χ4v) is 4.23. The Kier molecular flexibility index (Phi) is 5.27. The zero-order chi connectivity index (χ0) is 15.5. The van der Waals surface area contributed by atoms with Crippen molar-refractivity contribution in [3.63, 3.8) is 0 Å². The lowest BCUT2D eigenvalue weighted by Crippen LogP contribution is -2.35. The summed E-state index contributed by atoms with van der Waals surface area (Å²) in [6, 6.07) is 5.23. The van der Waals surface area contributed by atoms with Gasteiger partial charge in [0.25, 0.3) is 0 Å². The van der Waals surface area contributed by atoms with Gasteiger partial charge in [0.05, 0.1) is 11.5 Å². The van der Waals surface area contributed by atoms with Crippen molar-refractivity contribution in [2.45, 2.75) is 50.8 Å². The Labute approximate surface area is 128 Å². The summed E-state index contributed by atoms with van der Waals surface area (Å²) in [7, 11) is -3.37. The molecule has 1 aromatic rings. The van der Waals surface area contributed by atoms with E-state index in [1.54, 1.807) is 22.5 Å². The maximum atomic E-state index is 12.7. The Morgan fingerprint density at radius 2 is 1.86 bits per heavy atom. The molecule has 1 saturated heterocycles. The number of nitrogens with zero attached hydrogens (tertiary/aromatic N) is 1. The van der Waals surface area contributed by atoms with E-state index in [1.807, 2.05) is 6.92 Å². The Bertz CT molecular complexity index is 575. The first-order valence-corrected chi connectivity index (χ1v) is 9.17. The van der Waals surface area contributed by atoms with Crippen LogP contribution in [0.4, 0.5) is 0 Å². The minimum Gasteiger partial charge on any atom is -0.494 e. The van der Waals surface area contributed by atoms with Gasteiger partial charge in [0, 0.05) is 13.1 Å². The second-order valence-corrected chi connectivity index (χ2v) is 7.69. The lowest BCUT2D eigenvalue weighted by molar-refractivity contribution is 0.334. The van der Waals surface area contributed by atoms with Crippen molar-refractivity contribution < 1.29 is 13.2 Å². The molecule has 1 aliphatic rings. The van der Waals surface area contributed by atoms with Gasteiger partial charge in [-0.25, -0.2) is 8.42 Å². The average molecular weight is 311 g/mol. The van der Waals surface area contributed by atoms with E-state index in [1.165, 1.54) is 0 Å². The third-order valence-electron chi connectivity index (χ3n) is 3.86. The quantitative estimate of drug-likeness (QED) is 0.837. The highest BCUT2D eigenvalue weighted by molar-refractivity contribution is 7.89. The standard InChI is InChI=1S/C16H25NO3S/c1-4-20-16-9-8-14(12-15(16)13(2)3)21(18,19)17-10-6-5-7-11-17/h8-9,12-13H,4-7,10-11H2,1-3H3. The van der Waals surface area contributed by atoms with Crippen molar-refractivity contribution in [2.75, 3.05) is 19.7 Å². The zero-order valence-corrected chi connectivity index (χ0v) is 13.9. The summed E-state index contributed by atoms with van der Waals surface area (Å²) in [6.45, 7) is 7.88. The Balaban J connectivity index is 2.37. The van der Waals surface area contributed by atoms with Gasteiger partial charge in [-0.2, -0.15) is 4.31 Å². The van der Waals surface area contributed by atoms with Crippen LogP contribution in [0.25, 0.3) is 0 Å². The van der Waals surface area contributed by atoms with E-state index in [0.29, 0.717) is 24.6 Å². The second kappa shape index (κ2) is 6.79. The SMILES string of the molecule is CCOc1ccc(S(=O)(=O)N2CCCCC2)cc1C(C)C. The van der Waals surface area contributed by atoms with Crippen molar-refractivity contribution in [3.05, 3.63) is 23.8 Å². The highest BCUT2D eigenvalue weighted by Crippen LogP contribution is 2.31. The summed E-state index contributed by atoms with van der Waals surface area (Å²) >= 11 is 0. The van der Waals surface area contributed by atoms with Gasteiger partial charge < -0.3 is 4.74 Å². The molecule has 4 nitrogen and oxygen atoms in total. The topological polar surface area (TPSA) is 46.6 Å². The van der Waals surface area contributed by atoms with Crippen LogP contribution < -0.4 is 4.74 Å². The van der Waals surface area contributed by atoms with Crippen molar-refractivity contribution >= 4 is 10.0 Å². The summed E-state index contributed by atoms with van der Waals surface area (Å²) in [5.74, 6) is 1.01. The smallest absolute Gasteiger partial charge is 0.243 e. The van der Waals surface area contributed by atoms with E-state index in [0.717, 1.165) is 30.6 Å². The van der Waals surface area contributed by atoms with Crippen molar-refractivity contribution in [2.24, 2.45) is 0 Å². The Morgan fingerprint density at radius 1 is 1.19 bits per heavy atom. The number of piperidine rings is 1. The molecule has 1 fully saturated rings. The normalized spacial score (nSPS) is 17.1. The zero-order valence-electron chi connectivity index (χ0n) is 13.1. The lowest BCUT2D eigenvalue weighted by atomic mass is 10.0. The summed E-state index contributed by atoms with van der Waals surface area (Å²) in [5.41, 5.74) is 0.954. The number of benzene rings is 1. The van der Waals surface area contributed by atoms with Gasteiger partial charge in [-0.1, -0.05) is 20.3 Å². The number of hydrogen-bond acceptors (Lipinski definition) is 3. The molecule has 0 aliphatic carbocycles. The Hall–Kier alpha value is -1.07. The molecular weight excluding hydrogens is 286 g/mol. The molecule has 2 rings (SSSR count). The van der Waals surface area contributed by atoms with Crippen LogP contribution in [0.5, 0.6) is 5.75 Å². The van der Waals surface area contributed by atoms with Crippen molar-refractivity contribution in [3.8, 4) is 5.75 Å². The first-order chi connectivity index (χ1) is 9.96. The minimum absolute atomic E-state index is 0.225. The van der Waals surface area contributed by atoms with Gasteiger partial charge in [-0.3, -0.25) is 0 Å². The summed E-state index contributed by atoms with van der Waals surface area (Å²) in [4.78, 5) is 0.386. The number of hydrogen-bond donors (Lipinski definition) is 0. The van der Waals surface area contributed by atoms with Crippen LogP contribution in [0, 0.1) is 0 Å². The molecule has 0 radical (unpaired) electrons. The van der Waals surface area contributed by atoms with Crippen LogP contribution >= 0.6 is 0 Å². The highest BCUT2D eigenvalue weighted by atomic mass is 32.2. The molecule has 0 unspecified atom stereocenters. The van der Waals surface area contributed by atoms with Gasteiger partial charge in [-0.15, -0.1) is 0 Å². The van der Waals surface area contributed by atoms with E-state index >= 15 is 0 Å². The molecule has 21 heavy (non-hydrogen) atoms. The highest BCUT2D eigenvalue weighted by Gasteiger charge is 2.26. The second-order valence-electron chi connectivity index (χ2n) is 5.75. The molecule has 0 N–H and O–H groups in total. The number of sulfonamides is 1. The predicted octanol–water partition coefficient (Wildman–Crippen LogP) is 3.38. The maximum absolute atomic E-state index is 12.7. The molecular formula is C16H25NO3S. The largest absolute Gasteiger partial charge is 0.494 e. The minimum atomic E-state index is -3.37. The van der Waals surface area contributed by atoms with Crippen LogP contribution in [0.15, 0.2) is 23.1 Å². The van der Waals surface area contributed by atoms with Crippen LogP contribution in [0.1, 0.15) is 51.5 Å². The molecule has 0 atom stereocenters. The molecule has 0 amide bonds. The molecule has 0 spiro atoms. The van der Waals surface area contributed by atoms with Crippen molar-refractivity contribution in [1.82, 2.24) is 4.31 Å². The summed E-state index contributed by atoms with van der Waals surface area (Å²) < 4.78 is 32.6. The monoisotopic (exact) mass is 311 g/mol. The summed E-state index contributed by atoms with van der Waals surface area (Å²) in [5, 5.41) is 0. The number of ether oxygens (including phenoxy) is 1. The van der Waals surface area contributed by atoms with Crippen LogP contribution in [-0.2, 0) is 10.0 Å².